The molecule has 0 atom stereocenters. The Balaban J connectivity index is 2.71. The molecule has 17 heavy (non-hydrogen) atoms. The highest BCUT2D eigenvalue weighted by molar-refractivity contribution is 6.31. The summed E-state index contributed by atoms with van der Waals surface area (Å²) in [7, 11) is 0. The molecule has 1 rings (SSSR count). The van der Waals surface area contributed by atoms with Gasteiger partial charge in [-0.15, -0.1) is 0 Å². The molecule has 0 amide bonds. The summed E-state index contributed by atoms with van der Waals surface area (Å²) in [5.74, 6) is 0.644. The lowest BCUT2D eigenvalue weighted by molar-refractivity contribution is 0.207. The van der Waals surface area contributed by atoms with Crippen LogP contribution in [0.4, 0.5) is 0 Å². The van der Waals surface area contributed by atoms with Crippen molar-refractivity contribution in [1.29, 1.82) is 5.26 Å². The van der Waals surface area contributed by atoms with Crippen molar-refractivity contribution in [2.75, 3.05) is 6.61 Å². The van der Waals surface area contributed by atoms with Crippen molar-refractivity contribution in [2.45, 2.75) is 32.2 Å². The Bertz CT molecular complexity index is 422. The first-order chi connectivity index (χ1) is 8.04. The van der Waals surface area contributed by atoms with Crippen LogP contribution in [0, 0.1) is 11.3 Å². The molecule has 0 saturated carbocycles. The van der Waals surface area contributed by atoms with Crippen LogP contribution in [0.1, 0.15) is 32.3 Å². The third kappa shape index (κ3) is 3.62. The van der Waals surface area contributed by atoms with Gasteiger partial charge in [-0.25, -0.2) is 0 Å². The Kier molecular flexibility index (Phi) is 4.80. The molecule has 1 aromatic carbocycles. The van der Waals surface area contributed by atoms with Gasteiger partial charge in [-0.05, 0) is 25.0 Å². The lowest BCUT2D eigenvalue weighted by atomic mass is 9.96. The molecule has 0 aromatic heterocycles. The minimum atomic E-state index is -0.305. The third-order valence-corrected chi connectivity index (χ3v) is 3.31. The van der Waals surface area contributed by atoms with Crippen molar-refractivity contribution in [2.24, 2.45) is 5.73 Å². The average Bonchev–Trinajstić information content (AvgIpc) is 2.36. The van der Waals surface area contributed by atoms with Crippen molar-refractivity contribution in [3.8, 4) is 11.8 Å². The van der Waals surface area contributed by atoms with E-state index in [-0.39, 0.29) is 5.54 Å². The fourth-order valence-corrected chi connectivity index (χ4v) is 1.57. The summed E-state index contributed by atoms with van der Waals surface area (Å²) in [5, 5.41) is 9.15. The molecule has 0 aliphatic rings. The zero-order valence-corrected chi connectivity index (χ0v) is 10.9. The van der Waals surface area contributed by atoms with Crippen LogP contribution in [0.25, 0.3) is 0 Å². The molecule has 0 aliphatic heterocycles. The fourth-order valence-electron chi connectivity index (χ4n) is 1.36. The number of nitrogens with zero attached hydrogens (tertiary/aromatic N) is 1. The van der Waals surface area contributed by atoms with Gasteiger partial charge in [-0.3, -0.25) is 0 Å². The van der Waals surface area contributed by atoms with E-state index >= 15 is 0 Å². The van der Waals surface area contributed by atoms with Crippen LogP contribution in [-0.2, 0) is 0 Å². The molecule has 0 radical (unpaired) electrons. The summed E-state index contributed by atoms with van der Waals surface area (Å²) in [6, 6.07) is 7.03. The van der Waals surface area contributed by atoms with Gasteiger partial charge in [0.1, 0.15) is 18.4 Å². The summed E-state index contributed by atoms with van der Waals surface area (Å²) >= 11 is 5.91. The van der Waals surface area contributed by atoms with E-state index in [1.807, 2.05) is 19.9 Å². The Morgan fingerprint density at radius 2 is 2.06 bits per heavy atom. The maximum atomic E-state index is 8.75. The van der Waals surface area contributed by atoms with E-state index in [1.54, 1.807) is 18.2 Å². The smallest absolute Gasteiger partial charge is 0.120 e. The van der Waals surface area contributed by atoms with E-state index in [0.29, 0.717) is 22.9 Å². The normalized spacial score (nSPS) is 11.0. The zero-order chi connectivity index (χ0) is 12.9. The predicted octanol–water partition coefficient (Wildman–Crippen LogP) is 3.11. The molecule has 0 unspecified atom stereocenters. The molecule has 1 aromatic rings. The van der Waals surface area contributed by atoms with Crippen LogP contribution in [-0.4, -0.2) is 12.1 Å². The van der Waals surface area contributed by atoms with Gasteiger partial charge >= 0.3 is 0 Å². The molecular weight excluding hydrogens is 236 g/mol. The number of hydrogen-bond acceptors (Lipinski definition) is 3. The minimum Gasteiger partial charge on any atom is -0.492 e. The Morgan fingerprint density at radius 3 is 2.53 bits per heavy atom. The molecule has 4 heteroatoms. The summed E-state index contributed by atoms with van der Waals surface area (Å²) in [6.07, 6.45) is 1.71. The molecule has 0 spiro atoms. The molecule has 0 heterocycles. The SMILES string of the molecule is CCC(N)(CC)COc1ccc(C#N)c(Cl)c1. The van der Waals surface area contributed by atoms with E-state index in [0.717, 1.165) is 12.8 Å². The quantitative estimate of drug-likeness (QED) is 0.876. The summed E-state index contributed by atoms with van der Waals surface area (Å²) < 4.78 is 5.61. The molecule has 0 bridgehead atoms. The van der Waals surface area contributed by atoms with Crippen LogP contribution < -0.4 is 10.5 Å². The second-order valence-corrected chi connectivity index (χ2v) is 4.52. The standard InChI is InChI=1S/C13H17ClN2O/c1-3-13(16,4-2)9-17-11-6-5-10(8-15)12(14)7-11/h5-7H,3-4,9,16H2,1-2H3. The molecular formula is C13H17ClN2O. The van der Waals surface area contributed by atoms with Crippen LogP contribution >= 0.6 is 11.6 Å². The Labute approximate surface area is 107 Å². The van der Waals surface area contributed by atoms with Gasteiger partial charge in [-0.1, -0.05) is 25.4 Å². The number of hydrogen-bond donors (Lipinski definition) is 1. The minimum absolute atomic E-state index is 0.305. The maximum absolute atomic E-state index is 8.75. The zero-order valence-electron chi connectivity index (χ0n) is 10.2. The fraction of sp³-hybridized carbons (Fsp3) is 0.462. The lowest BCUT2D eigenvalue weighted by Crippen LogP contribution is -2.44. The van der Waals surface area contributed by atoms with Gasteiger partial charge in [0.05, 0.1) is 10.6 Å². The number of nitrogens with two attached hydrogens (primary N) is 1. The monoisotopic (exact) mass is 252 g/mol. The van der Waals surface area contributed by atoms with E-state index in [1.165, 1.54) is 0 Å². The Hall–Kier alpha value is -1.24. The van der Waals surface area contributed by atoms with Crippen molar-refractivity contribution in [1.82, 2.24) is 0 Å². The highest BCUT2D eigenvalue weighted by atomic mass is 35.5. The van der Waals surface area contributed by atoms with Crippen molar-refractivity contribution in [3.05, 3.63) is 28.8 Å². The van der Waals surface area contributed by atoms with E-state index < -0.39 is 0 Å². The second-order valence-electron chi connectivity index (χ2n) is 4.11. The van der Waals surface area contributed by atoms with Gasteiger partial charge in [0.25, 0.3) is 0 Å². The van der Waals surface area contributed by atoms with Gasteiger partial charge in [-0.2, -0.15) is 5.26 Å². The van der Waals surface area contributed by atoms with Crippen LogP contribution in [0.15, 0.2) is 18.2 Å². The largest absolute Gasteiger partial charge is 0.492 e. The molecule has 2 N–H and O–H groups in total. The van der Waals surface area contributed by atoms with Gasteiger partial charge in [0, 0.05) is 11.6 Å². The van der Waals surface area contributed by atoms with Crippen molar-refractivity contribution < 1.29 is 4.74 Å². The van der Waals surface area contributed by atoms with Crippen molar-refractivity contribution in [3.63, 3.8) is 0 Å². The summed E-state index contributed by atoms with van der Waals surface area (Å²) in [5.41, 5.74) is 6.27. The lowest BCUT2D eigenvalue weighted by Gasteiger charge is -2.26. The number of rotatable bonds is 5. The highest BCUT2D eigenvalue weighted by Crippen LogP contribution is 2.23. The third-order valence-electron chi connectivity index (χ3n) is 3.00. The molecule has 3 nitrogen and oxygen atoms in total. The van der Waals surface area contributed by atoms with E-state index in [4.69, 9.17) is 27.3 Å². The first-order valence-electron chi connectivity index (χ1n) is 5.66. The van der Waals surface area contributed by atoms with Gasteiger partial charge in [0.2, 0.25) is 0 Å². The molecule has 92 valence electrons. The molecule has 0 aliphatic carbocycles. The number of halogens is 1. The first-order valence-corrected chi connectivity index (χ1v) is 6.03. The number of nitriles is 1. The Morgan fingerprint density at radius 1 is 1.41 bits per heavy atom. The van der Waals surface area contributed by atoms with Crippen LogP contribution in [0.2, 0.25) is 5.02 Å². The first kappa shape index (κ1) is 13.8. The van der Waals surface area contributed by atoms with E-state index in [2.05, 4.69) is 0 Å². The summed E-state index contributed by atoms with van der Waals surface area (Å²) in [6.45, 7) is 4.53. The average molecular weight is 253 g/mol. The van der Waals surface area contributed by atoms with Crippen LogP contribution in [0.5, 0.6) is 5.75 Å². The second kappa shape index (κ2) is 5.90. The maximum Gasteiger partial charge on any atom is 0.120 e. The van der Waals surface area contributed by atoms with Gasteiger partial charge < -0.3 is 10.5 Å². The van der Waals surface area contributed by atoms with Crippen LogP contribution in [0.3, 0.4) is 0 Å². The topological polar surface area (TPSA) is 59.0 Å². The van der Waals surface area contributed by atoms with Crippen molar-refractivity contribution >= 4 is 11.6 Å². The highest BCUT2D eigenvalue weighted by Gasteiger charge is 2.21. The number of ether oxygens (including phenoxy) is 1. The number of benzene rings is 1. The predicted molar refractivity (Wildman–Crippen MR) is 69.2 cm³/mol. The van der Waals surface area contributed by atoms with E-state index in [9.17, 15) is 0 Å². The molecule has 0 fully saturated rings. The van der Waals surface area contributed by atoms with Gasteiger partial charge in [0.15, 0.2) is 0 Å². The molecule has 0 saturated heterocycles. The summed E-state index contributed by atoms with van der Waals surface area (Å²) in [4.78, 5) is 0.